The van der Waals surface area contributed by atoms with E-state index in [4.69, 9.17) is 9.47 Å². The zero-order chi connectivity index (χ0) is 16.8. The van der Waals surface area contributed by atoms with Gasteiger partial charge in [0.05, 0.1) is 13.2 Å². The molecule has 6 heteroatoms. The molecule has 0 aromatic carbocycles. The monoisotopic (exact) mass is 311 g/mol. The van der Waals surface area contributed by atoms with E-state index in [0.29, 0.717) is 5.92 Å². The average Bonchev–Trinajstić information content (AvgIpc) is 2.83. The highest BCUT2D eigenvalue weighted by atomic mass is 16.6. The highest BCUT2D eigenvalue weighted by molar-refractivity contribution is 6.08. The van der Waals surface area contributed by atoms with E-state index >= 15 is 0 Å². The lowest BCUT2D eigenvalue weighted by atomic mass is 9.89. The van der Waals surface area contributed by atoms with Crippen LogP contribution in [-0.2, 0) is 23.9 Å². The third-order valence-corrected chi connectivity index (χ3v) is 3.57. The third kappa shape index (κ3) is 4.32. The summed E-state index contributed by atoms with van der Waals surface area (Å²) in [5.74, 6) is -1.63. The van der Waals surface area contributed by atoms with Crippen LogP contribution in [0.3, 0.4) is 0 Å². The van der Waals surface area contributed by atoms with Crippen molar-refractivity contribution in [2.75, 3.05) is 13.2 Å². The number of esters is 2. The van der Waals surface area contributed by atoms with Gasteiger partial charge < -0.3 is 14.8 Å². The molecule has 6 nitrogen and oxygen atoms in total. The van der Waals surface area contributed by atoms with E-state index in [1.165, 1.54) is 6.92 Å². The highest BCUT2D eigenvalue weighted by Gasteiger charge is 2.50. The first kappa shape index (κ1) is 18.2. The van der Waals surface area contributed by atoms with Crippen LogP contribution in [0.15, 0.2) is 11.6 Å². The molecule has 0 saturated heterocycles. The number of hydrogen-bond acceptors (Lipinski definition) is 5. The quantitative estimate of drug-likeness (QED) is 0.440. The van der Waals surface area contributed by atoms with Crippen molar-refractivity contribution in [2.24, 2.45) is 5.92 Å². The Kier molecular flexibility index (Phi) is 6.59. The molecule has 0 aromatic heterocycles. The average molecular weight is 311 g/mol. The second-order valence-corrected chi connectivity index (χ2v) is 5.55. The predicted molar refractivity (Wildman–Crippen MR) is 80.9 cm³/mol. The van der Waals surface area contributed by atoms with Crippen molar-refractivity contribution in [3.8, 4) is 0 Å². The summed E-state index contributed by atoms with van der Waals surface area (Å²) in [7, 11) is 0. The zero-order valence-corrected chi connectivity index (χ0v) is 13.7. The number of carbonyl (C=O) groups is 3. The number of ether oxygens (including phenoxy) is 2. The van der Waals surface area contributed by atoms with Gasteiger partial charge in [-0.15, -0.1) is 0 Å². The van der Waals surface area contributed by atoms with Crippen molar-refractivity contribution >= 4 is 17.8 Å². The molecule has 0 radical (unpaired) electrons. The second-order valence-electron chi connectivity index (χ2n) is 5.55. The van der Waals surface area contributed by atoms with Crippen LogP contribution >= 0.6 is 0 Å². The van der Waals surface area contributed by atoms with Crippen LogP contribution in [0.25, 0.3) is 0 Å². The minimum absolute atomic E-state index is 0.0919. The Hall–Kier alpha value is -1.85. The molecule has 1 aliphatic carbocycles. The topological polar surface area (TPSA) is 81.7 Å². The molecule has 0 spiro atoms. The summed E-state index contributed by atoms with van der Waals surface area (Å²) >= 11 is 0. The molecule has 1 unspecified atom stereocenters. The summed E-state index contributed by atoms with van der Waals surface area (Å²) in [6.07, 6.45) is 3.89. The molecule has 0 aromatic rings. The van der Waals surface area contributed by atoms with E-state index in [-0.39, 0.29) is 19.6 Å². The molecule has 22 heavy (non-hydrogen) atoms. The molecular weight excluding hydrogens is 286 g/mol. The van der Waals surface area contributed by atoms with Gasteiger partial charge in [0, 0.05) is 13.3 Å². The number of rotatable bonds is 7. The standard InChI is InChI=1S/C16H25NO5/c1-5-21-14(19)16(17-12(4)18,15(20)22-6-2)10-13-8-7-11(3)9-13/h9,11H,5-8,10H2,1-4H3,(H,17,18). The van der Waals surface area contributed by atoms with Crippen LogP contribution in [0, 0.1) is 5.92 Å². The van der Waals surface area contributed by atoms with E-state index in [1.54, 1.807) is 13.8 Å². The fraction of sp³-hybridized carbons (Fsp3) is 0.688. The summed E-state index contributed by atoms with van der Waals surface area (Å²) < 4.78 is 10.1. The Morgan fingerprint density at radius 3 is 2.14 bits per heavy atom. The molecule has 1 aliphatic rings. The minimum atomic E-state index is -1.80. The smallest absolute Gasteiger partial charge is 0.344 e. The first-order chi connectivity index (χ1) is 10.4. The Balaban J connectivity index is 3.17. The van der Waals surface area contributed by atoms with Gasteiger partial charge in [0.2, 0.25) is 11.4 Å². The Morgan fingerprint density at radius 2 is 1.77 bits per heavy atom. The van der Waals surface area contributed by atoms with E-state index in [2.05, 4.69) is 12.2 Å². The third-order valence-electron chi connectivity index (χ3n) is 3.57. The number of amides is 1. The normalized spacial score (nSPS) is 17.6. The molecule has 0 bridgehead atoms. The van der Waals surface area contributed by atoms with Crippen molar-refractivity contribution in [2.45, 2.75) is 52.5 Å². The lowest BCUT2D eigenvalue weighted by Crippen LogP contribution is -2.61. The van der Waals surface area contributed by atoms with Crippen LogP contribution in [0.2, 0.25) is 0 Å². The molecule has 0 aliphatic heterocycles. The van der Waals surface area contributed by atoms with Gasteiger partial charge in [-0.05, 0) is 32.6 Å². The van der Waals surface area contributed by atoms with Crippen LogP contribution < -0.4 is 5.32 Å². The summed E-state index contributed by atoms with van der Waals surface area (Å²) in [4.78, 5) is 36.4. The first-order valence-electron chi connectivity index (χ1n) is 7.68. The molecule has 1 atom stereocenters. The number of hydrogen-bond donors (Lipinski definition) is 1. The summed E-state index contributed by atoms with van der Waals surface area (Å²) in [5, 5.41) is 2.48. The fourth-order valence-electron chi connectivity index (χ4n) is 2.65. The van der Waals surface area contributed by atoms with Crippen molar-refractivity contribution in [3.63, 3.8) is 0 Å². The van der Waals surface area contributed by atoms with Gasteiger partial charge in [-0.3, -0.25) is 4.79 Å². The molecule has 124 valence electrons. The number of nitrogens with one attached hydrogen (secondary N) is 1. The predicted octanol–water partition coefficient (Wildman–Crippen LogP) is 1.73. The number of carbonyl (C=O) groups excluding carboxylic acids is 3. The van der Waals surface area contributed by atoms with Crippen molar-refractivity contribution in [1.29, 1.82) is 0 Å². The van der Waals surface area contributed by atoms with E-state index in [1.807, 2.05) is 6.08 Å². The Morgan fingerprint density at radius 1 is 1.23 bits per heavy atom. The van der Waals surface area contributed by atoms with Gasteiger partial charge in [-0.2, -0.15) is 0 Å². The van der Waals surface area contributed by atoms with Gasteiger partial charge in [-0.1, -0.05) is 18.6 Å². The molecule has 1 amide bonds. The maximum atomic E-state index is 12.4. The molecule has 0 fully saturated rings. The molecule has 0 heterocycles. The highest BCUT2D eigenvalue weighted by Crippen LogP contribution is 2.31. The second kappa shape index (κ2) is 7.96. The molecule has 0 saturated carbocycles. The van der Waals surface area contributed by atoms with Gasteiger partial charge in [-0.25, -0.2) is 9.59 Å². The summed E-state index contributed by atoms with van der Waals surface area (Å²) in [6.45, 7) is 6.88. The maximum Gasteiger partial charge on any atom is 0.344 e. The van der Waals surface area contributed by atoms with E-state index < -0.39 is 23.4 Å². The largest absolute Gasteiger partial charge is 0.464 e. The van der Waals surface area contributed by atoms with Gasteiger partial charge in [0.15, 0.2) is 0 Å². The lowest BCUT2D eigenvalue weighted by Gasteiger charge is -2.30. The maximum absolute atomic E-state index is 12.4. The van der Waals surface area contributed by atoms with Crippen LogP contribution in [0.5, 0.6) is 0 Å². The Bertz CT molecular complexity index is 451. The van der Waals surface area contributed by atoms with Crippen molar-refractivity contribution in [1.82, 2.24) is 5.32 Å². The summed E-state index contributed by atoms with van der Waals surface area (Å²) in [6, 6.07) is 0. The minimum Gasteiger partial charge on any atom is -0.464 e. The SMILES string of the molecule is CCOC(=O)C(CC1=CC(C)CC1)(NC(C)=O)C(=O)OCC. The van der Waals surface area contributed by atoms with Crippen LogP contribution in [-0.4, -0.2) is 36.6 Å². The van der Waals surface area contributed by atoms with Crippen molar-refractivity contribution < 1.29 is 23.9 Å². The van der Waals surface area contributed by atoms with Crippen LogP contribution in [0.4, 0.5) is 0 Å². The molecular formula is C16H25NO5. The van der Waals surface area contributed by atoms with Gasteiger partial charge in [0.25, 0.3) is 0 Å². The lowest BCUT2D eigenvalue weighted by molar-refractivity contribution is -0.168. The van der Waals surface area contributed by atoms with E-state index in [0.717, 1.165) is 18.4 Å². The van der Waals surface area contributed by atoms with Gasteiger partial charge in [0.1, 0.15) is 0 Å². The molecule has 1 rings (SSSR count). The first-order valence-corrected chi connectivity index (χ1v) is 7.68. The van der Waals surface area contributed by atoms with E-state index in [9.17, 15) is 14.4 Å². The zero-order valence-electron chi connectivity index (χ0n) is 13.7. The fourth-order valence-corrected chi connectivity index (χ4v) is 2.65. The van der Waals surface area contributed by atoms with Crippen molar-refractivity contribution in [3.05, 3.63) is 11.6 Å². The number of allylic oxidation sites excluding steroid dienone is 1. The van der Waals surface area contributed by atoms with Crippen LogP contribution in [0.1, 0.15) is 47.0 Å². The van der Waals surface area contributed by atoms with Gasteiger partial charge >= 0.3 is 11.9 Å². The molecule has 1 N–H and O–H groups in total. The summed E-state index contributed by atoms with van der Waals surface area (Å²) in [5.41, 5.74) is -0.837. The Labute approximate surface area is 131 Å².